The summed E-state index contributed by atoms with van der Waals surface area (Å²) in [6.45, 7) is 0. The molecular weight excluding hydrogens is 288 g/mol. The molecule has 5 heteroatoms. The standard InChI is InChI=1S/C16H23ClN2O2/c1-21-15-8-7-12(10-13(15)17)19-16(20)14(18)9-11-5-3-2-4-6-11/h7-8,10-11,14H,2-6,9,18H2,1H3,(H,19,20). The van der Waals surface area contributed by atoms with Crippen molar-refractivity contribution in [2.75, 3.05) is 12.4 Å². The summed E-state index contributed by atoms with van der Waals surface area (Å²) in [7, 11) is 1.56. The minimum atomic E-state index is -0.464. The minimum Gasteiger partial charge on any atom is -0.495 e. The van der Waals surface area contributed by atoms with Gasteiger partial charge in [0, 0.05) is 5.69 Å². The number of nitrogens with two attached hydrogens (primary N) is 1. The molecule has 21 heavy (non-hydrogen) atoms. The fraction of sp³-hybridized carbons (Fsp3) is 0.562. The third-order valence-corrected chi connectivity index (χ3v) is 4.36. The summed E-state index contributed by atoms with van der Waals surface area (Å²) in [6, 6.07) is 4.69. The van der Waals surface area contributed by atoms with Crippen LogP contribution in [-0.2, 0) is 4.79 Å². The number of carbonyl (C=O) groups is 1. The topological polar surface area (TPSA) is 64.3 Å². The number of amides is 1. The molecule has 1 atom stereocenters. The maximum Gasteiger partial charge on any atom is 0.241 e. The SMILES string of the molecule is COc1ccc(NC(=O)C(N)CC2CCCCC2)cc1Cl. The van der Waals surface area contributed by atoms with Crippen LogP contribution in [0.3, 0.4) is 0 Å². The van der Waals surface area contributed by atoms with E-state index >= 15 is 0 Å². The van der Waals surface area contributed by atoms with Gasteiger partial charge in [0.2, 0.25) is 5.91 Å². The van der Waals surface area contributed by atoms with E-state index in [1.165, 1.54) is 32.1 Å². The average Bonchev–Trinajstić information content (AvgIpc) is 2.48. The van der Waals surface area contributed by atoms with E-state index < -0.39 is 6.04 Å². The van der Waals surface area contributed by atoms with Crippen LogP contribution in [0, 0.1) is 5.92 Å². The van der Waals surface area contributed by atoms with Gasteiger partial charge in [-0.1, -0.05) is 43.7 Å². The number of rotatable bonds is 5. The fourth-order valence-corrected chi connectivity index (χ4v) is 3.13. The lowest BCUT2D eigenvalue weighted by Gasteiger charge is -2.24. The van der Waals surface area contributed by atoms with Crippen molar-refractivity contribution in [3.05, 3.63) is 23.2 Å². The highest BCUT2D eigenvalue weighted by Gasteiger charge is 2.21. The largest absolute Gasteiger partial charge is 0.495 e. The van der Waals surface area contributed by atoms with E-state index in [0.29, 0.717) is 22.4 Å². The van der Waals surface area contributed by atoms with Crippen LogP contribution >= 0.6 is 11.6 Å². The third kappa shape index (κ3) is 4.61. The van der Waals surface area contributed by atoms with Gasteiger partial charge >= 0.3 is 0 Å². The van der Waals surface area contributed by atoms with Crippen molar-refractivity contribution in [3.63, 3.8) is 0 Å². The van der Waals surface area contributed by atoms with E-state index in [9.17, 15) is 4.79 Å². The lowest BCUT2D eigenvalue weighted by atomic mass is 9.85. The molecule has 0 heterocycles. The Morgan fingerprint density at radius 3 is 2.76 bits per heavy atom. The molecule has 1 amide bonds. The first kappa shape index (κ1) is 16.1. The van der Waals surface area contributed by atoms with Gasteiger partial charge < -0.3 is 15.8 Å². The Labute approximate surface area is 131 Å². The maximum atomic E-state index is 12.1. The summed E-state index contributed by atoms with van der Waals surface area (Å²) in [6.07, 6.45) is 6.96. The number of benzene rings is 1. The first-order valence-electron chi connectivity index (χ1n) is 7.50. The van der Waals surface area contributed by atoms with Gasteiger partial charge in [0.25, 0.3) is 0 Å². The number of hydrogen-bond donors (Lipinski definition) is 2. The maximum absolute atomic E-state index is 12.1. The van der Waals surface area contributed by atoms with E-state index in [0.717, 1.165) is 6.42 Å². The predicted molar refractivity (Wildman–Crippen MR) is 85.8 cm³/mol. The summed E-state index contributed by atoms with van der Waals surface area (Å²) in [4.78, 5) is 12.1. The molecule has 0 aliphatic heterocycles. The van der Waals surface area contributed by atoms with Gasteiger partial charge in [0.05, 0.1) is 18.2 Å². The Bertz CT molecular complexity index is 487. The van der Waals surface area contributed by atoms with Crippen LogP contribution in [0.5, 0.6) is 5.75 Å². The normalized spacial score (nSPS) is 17.3. The zero-order valence-electron chi connectivity index (χ0n) is 12.4. The second-order valence-electron chi connectivity index (χ2n) is 5.68. The van der Waals surface area contributed by atoms with Crippen LogP contribution in [0.2, 0.25) is 5.02 Å². The molecule has 1 aromatic rings. The molecule has 1 aliphatic carbocycles. The number of hydrogen-bond acceptors (Lipinski definition) is 3. The van der Waals surface area contributed by atoms with E-state index in [2.05, 4.69) is 5.32 Å². The molecule has 1 aliphatic rings. The molecule has 0 aromatic heterocycles. The molecule has 0 saturated heterocycles. The third-order valence-electron chi connectivity index (χ3n) is 4.07. The number of carbonyl (C=O) groups excluding carboxylic acids is 1. The lowest BCUT2D eigenvalue weighted by Crippen LogP contribution is -2.37. The summed E-state index contributed by atoms with van der Waals surface area (Å²) in [5.74, 6) is 1.02. The molecule has 0 bridgehead atoms. The van der Waals surface area contributed by atoms with Crippen molar-refractivity contribution < 1.29 is 9.53 Å². The van der Waals surface area contributed by atoms with Gasteiger partial charge in [-0.15, -0.1) is 0 Å². The zero-order chi connectivity index (χ0) is 15.2. The van der Waals surface area contributed by atoms with Crippen LogP contribution < -0.4 is 15.8 Å². The van der Waals surface area contributed by atoms with Crippen molar-refractivity contribution in [1.82, 2.24) is 0 Å². The van der Waals surface area contributed by atoms with Crippen LogP contribution in [-0.4, -0.2) is 19.1 Å². The molecule has 116 valence electrons. The monoisotopic (exact) mass is 310 g/mol. The number of methoxy groups -OCH3 is 1. The summed E-state index contributed by atoms with van der Waals surface area (Å²) in [5.41, 5.74) is 6.66. The molecule has 0 radical (unpaired) electrons. The summed E-state index contributed by atoms with van der Waals surface area (Å²) in [5, 5.41) is 3.29. The molecular formula is C16H23ClN2O2. The average molecular weight is 311 g/mol. The van der Waals surface area contributed by atoms with Crippen LogP contribution in [0.25, 0.3) is 0 Å². The Morgan fingerprint density at radius 1 is 1.43 bits per heavy atom. The van der Waals surface area contributed by atoms with Gasteiger partial charge in [0.1, 0.15) is 5.75 Å². The van der Waals surface area contributed by atoms with Gasteiger partial charge in [-0.25, -0.2) is 0 Å². The van der Waals surface area contributed by atoms with Crippen molar-refractivity contribution in [1.29, 1.82) is 0 Å². The van der Waals surface area contributed by atoms with Gasteiger partial charge in [-0.3, -0.25) is 4.79 Å². The zero-order valence-corrected chi connectivity index (χ0v) is 13.2. The number of halogens is 1. The number of anilines is 1. The van der Waals surface area contributed by atoms with Gasteiger partial charge in [-0.05, 0) is 30.5 Å². The van der Waals surface area contributed by atoms with E-state index in [4.69, 9.17) is 22.1 Å². The highest BCUT2D eigenvalue weighted by molar-refractivity contribution is 6.32. The van der Waals surface area contributed by atoms with E-state index in [1.807, 2.05) is 0 Å². The lowest BCUT2D eigenvalue weighted by molar-refractivity contribution is -0.117. The highest BCUT2D eigenvalue weighted by atomic mass is 35.5. The van der Waals surface area contributed by atoms with Crippen LogP contribution in [0.15, 0.2) is 18.2 Å². The Balaban J connectivity index is 1.89. The molecule has 1 aromatic carbocycles. The molecule has 2 rings (SSSR count). The smallest absolute Gasteiger partial charge is 0.241 e. The van der Waals surface area contributed by atoms with Gasteiger partial charge in [-0.2, -0.15) is 0 Å². The molecule has 0 spiro atoms. The Hall–Kier alpha value is -1.26. The quantitative estimate of drug-likeness (QED) is 0.873. The van der Waals surface area contributed by atoms with Crippen molar-refractivity contribution >= 4 is 23.2 Å². The second-order valence-corrected chi connectivity index (χ2v) is 6.09. The first-order valence-corrected chi connectivity index (χ1v) is 7.88. The second kappa shape index (κ2) is 7.66. The molecule has 1 fully saturated rings. The summed E-state index contributed by atoms with van der Waals surface area (Å²) < 4.78 is 5.08. The number of nitrogens with one attached hydrogen (secondary N) is 1. The summed E-state index contributed by atoms with van der Waals surface area (Å²) >= 11 is 6.04. The highest BCUT2D eigenvalue weighted by Crippen LogP contribution is 2.29. The Kier molecular flexibility index (Phi) is 5.88. The Morgan fingerprint density at radius 2 is 2.14 bits per heavy atom. The van der Waals surface area contributed by atoms with Crippen molar-refractivity contribution in [3.8, 4) is 5.75 Å². The van der Waals surface area contributed by atoms with Crippen LogP contribution in [0.1, 0.15) is 38.5 Å². The minimum absolute atomic E-state index is 0.151. The fourth-order valence-electron chi connectivity index (χ4n) is 2.87. The van der Waals surface area contributed by atoms with Gasteiger partial charge in [0.15, 0.2) is 0 Å². The number of ether oxygens (including phenoxy) is 1. The first-order chi connectivity index (χ1) is 10.1. The van der Waals surface area contributed by atoms with Crippen molar-refractivity contribution in [2.45, 2.75) is 44.6 Å². The van der Waals surface area contributed by atoms with Crippen LogP contribution in [0.4, 0.5) is 5.69 Å². The molecule has 1 unspecified atom stereocenters. The molecule has 4 nitrogen and oxygen atoms in total. The molecule has 1 saturated carbocycles. The predicted octanol–water partition coefficient (Wildman–Crippen LogP) is 3.58. The van der Waals surface area contributed by atoms with Crippen molar-refractivity contribution in [2.24, 2.45) is 11.7 Å². The van der Waals surface area contributed by atoms with E-state index in [-0.39, 0.29) is 5.91 Å². The van der Waals surface area contributed by atoms with E-state index in [1.54, 1.807) is 25.3 Å². The molecule has 3 N–H and O–H groups in total.